The molecule has 0 unspecified atom stereocenters. The maximum absolute atomic E-state index is 12.6. The van der Waals surface area contributed by atoms with E-state index in [0.29, 0.717) is 11.5 Å². The molecule has 0 radical (unpaired) electrons. The van der Waals surface area contributed by atoms with Crippen LogP contribution in [0.15, 0.2) is 42.5 Å². The van der Waals surface area contributed by atoms with E-state index in [9.17, 15) is 4.79 Å². The van der Waals surface area contributed by atoms with Gasteiger partial charge in [0.05, 0.1) is 47.0 Å². The van der Waals surface area contributed by atoms with Gasteiger partial charge in [-0.1, -0.05) is 6.07 Å². The van der Waals surface area contributed by atoms with E-state index in [1.807, 2.05) is 29.2 Å². The molecule has 1 fully saturated rings. The molecule has 2 aliphatic rings. The Morgan fingerprint density at radius 2 is 1.90 bits per heavy atom. The van der Waals surface area contributed by atoms with Gasteiger partial charge in [0.15, 0.2) is 11.5 Å². The number of methoxy groups -OCH3 is 2. The third-order valence-corrected chi connectivity index (χ3v) is 5.82. The minimum atomic E-state index is 0.0542. The van der Waals surface area contributed by atoms with E-state index in [4.69, 9.17) is 14.2 Å². The zero-order chi connectivity index (χ0) is 20.9. The number of ether oxygens (including phenoxy) is 3. The summed E-state index contributed by atoms with van der Waals surface area (Å²) < 4.78 is 16.2. The van der Waals surface area contributed by atoms with Gasteiger partial charge in [-0.15, -0.1) is 0 Å². The molecule has 0 aliphatic carbocycles. The van der Waals surface area contributed by atoms with Crippen LogP contribution in [0.1, 0.15) is 16.7 Å². The van der Waals surface area contributed by atoms with Gasteiger partial charge >= 0.3 is 0 Å². The lowest BCUT2D eigenvalue weighted by atomic mass is 10.1. The Kier molecular flexibility index (Phi) is 6.23. The van der Waals surface area contributed by atoms with Crippen molar-refractivity contribution in [1.29, 1.82) is 0 Å². The number of quaternary nitrogens is 1. The second kappa shape index (κ2) is 9.22. The van der Waals surface area contributed by atoms with Crippen molar-refractivity contribution in [3.63, 3.8) is 0 Å². The van der Waals surface area contributed by atoms with E-state index < -0.39 is 0 Å². The topological polar surface area (TPSA) is 52.4 Å². The highest BCUT2D eigenvalue weighted by Crippen LogP contribution is 2.28. The number of rotatable bonds is 6. The van der Waals surface area contributed by atoms with Crippen LogP contribution in [-0.4, -0.2) is 57.8 Å². The molecule has 0 spiro atoms. The standard InChI is InChI=1S/C24H28N2O4/c1-28-22-7-3-18(16-23(22)29-2)5-8-24(27)26-12-10-25(11-13-26)17-19-4-6-21-20(15-19)9-14-30-21/h3-8,15-16H,9-14,17H2,1-2H3/p+1/b8-5+. The molecule has 6 heteroatoms. The number of carbonyl (C=O) groups excluding carboxylic acids is 1. The number of amides is 1. The number of carbonyl (C=O) groups is 1. The summed E-state index contributed by atoms with van der Waals surface area (Å²) >= 11 is 0. The predicted octanol–water partition coefficient (Wildman–Crippen LogP) is 1.58. The summed E-state index contributed by atoms with van der Waals surface area (Å²) in [7, 11) is 3.21. The zero-order valence-corrected chi connectivity index (χ0v) is 17.6. The molecule has 158 valence electrons. The monoisotopic (exact) mass is 409 g/mol. The summed E-state index contributed by atoms with van der Waals surface area (Å²) in [6.07, 6.45) is 4.48. The molecule has 0 atom stereocenters. The van der Waals surface area contributed by atoms with Crippen molar-refractivity contribution in [3.05, 3.63) is 59.2 Å². The van der Waals surface area contributed by atoms with Gasteiger partial charge in [-0.25, -0.2) is 0 Å². The average molecular weight is 410 g/mol. The summed E-state index contributed by atoms with van der Waals surface area (Å²) in [5.41, 5.74) is 3.58. The first-order valence-electron chi connectivity index (χ1n) is 10.4. The molecule has 2 aliphatic heterocycles. The van der Waals surface area contributed by atoms with Crippen molar-refractivity contribution in [1.82, 2.24) is 4.90 Å². The Balaban J connectivity index is 1.29. The van der Waals surface area contributed by atoms with Gasteiger partial charge in [0, 0.05) is 18.1 Å². The second-order valence-electron chi connectivity index (χ2n) is 7.74. The van der Waals surface area contributed by atoms with Crippen molar-refractivity contribution in [2.45, 2.75) is 13.0 Å². The van der Waals surface area contributed by atoms with Crippen LogP contribution in [0.4, 0.5) is 0 Å². The van der Waals surface area contributed by atoms with Crippen LogP contribution in [0.25, 0.3) is 6.08 Å². The van der Waals surface area contributed by atoms with Gasteiger partial charge in [0.25, 0.3) is 0 Å². The van der Waals surface area contributed by atoms with E-state index in [0.717, 1.165) is 57.1 Å². The lowest BCUT2D eigenvalue weighted by Crippen LogP contribution is -3.13. The van der Waals surface area contributed by atoms with Crippen LogP contribution < -0.4 is 19.1 Å². The van der Waals surface area contributed by atoms with E-state index in [-0.39, 0.29) is 5.91 Å². The van der Waals surface area contributed by atoms with Gasteiger partial charge in [-0.3, -0.25) is 4.79 Å². The number of hydrogen-bond acceptors (Lipinski definition) is 4. The minimum Gasteiger partial charge on any atom is -0.493 e. The number of benzene rings is 2. The van der Waals surface area contributed by atoms with Crippen molar-refractivity contribution < 1.29 is 23.9 Å². The molecule has 2 aromatic carbocycles. The number of nitrogens with one attached hydrogen (secondary N) is 1. The van der Waals surface area contributed by atoms with Crippen LogP contribution in [0.2, 0.25) is 0 Å². The number of hydrogen-bond donors (Lipinski definition) is 1. The first kappa shape index (κ1) is 20.3. The lowest BCUT2D eigenvalue weighted by Gasteiger charge is -2.31. The van der Waals surface area contributed by atoms with Gasteiger partial charge in [-0.05, 0) is 47.5 Å². The lowest BCUT2D eigenvalue weighted by molar-refractivity contribution is -0.917. The van der Waals surface area contributed by atoms with Crippen molar-refractivity contribution in [2.75, 3.05) is 47.0 Å². The number of piperazine rings is 1. The highest BCUT2D eigenvalue weighted by atomic mass is 16.5. The highest BCUT2D eigenvalue weighted by Gasteiger charge is 2.23. The second-order valence-corrected chi connectivity index (χ2v) is 7.74. The van der Waals surface area contributed by atoms with E-state index in [1.54, 1.807) is 20.3 Å². The predicted molar refractivity (Wildman–Crippen MR) is 115 cm³/mol. The molecular formula is C24H29N2O4+. The summed E-state index contributed by atoms with van der Waals surface area (Å²) in [6.45, 7) is 5.27. The van der Waals surface area contributed by atoms with E-state index >= 15 is 0 Å². The number of nitrogens with zero attached hydrogens (tertiary/aromatic N) is 1. The molecule has 4 rings (SSSR count). The molecule has 1 saturated heterocycles. The third-order valence-electron chi connectivity index (χ3n) is 5.82. The minimum absolute atomic E-state index is 0.0542. The van der Waals surface area contributed by atoms with Gasteiger partial charge in [0.1, 0.15) is 12.3 Å². The Hall–Kier alpha value is -2.99. The molecule has 0 aromatic heterocycles. The molecule has 2 aromatic rings. The Morgan fingerprint density at radius 1 is 1.10 bits per heavy atom. The summed E-state index contributed by atoms with van der Waals surface area (Å²) in [5.74, 6) is 2.42. The van der Waals surface area contributed by atoms with Crippen molar-refractivity contribution >= 4 is 12.0 Å². The quantitative estimate of drug-likeness (QED) is 0.736. The fraction of sp³-hybridized carbons (Fsp3) is 0.375. The van der Waals surface area contributed by atoms with Crippen LogP contribution >= 0.6 is 0 Å². The molecule has 1 N–H and O–H groups in total. The van der Waals surface area contributed by atoms with Crippen LogP contribution in [0.3, 0.4) is 0 Å². The molecule has 0 saturated carbocycles. The van der Waals surface area contributed by atoms with Crippen LogP contribution in [0, 0.1) is 0 Å². The number of fused-ring (bicyclic) bond motifs is 1. The molecule has 30 heavy (non-hydrogen) atoms. The first-order chi connectivity index (χ1) is 14.7. The van der Waals surface area contributed by atoms with Crippen LogP contribution in [0.5, 0.6) is 17.2 Å². The van der Waals surface area contributed by atoms with Gasteiger partial charge in [-0.2, -0.15) is 0 Å². The summed E-state index contributed by atoms with van der Waals surface area (Å²) in [5, 5.41) is 0. The summed E-state index contributed by atoms with van der Waals surface area (Å²) in [6, 6.07) is 12.2. The van der Waals surface area contributed by atoms with Crippen molar-refractivity contribution in [2.24, 2.45) is 0 Å². The summed E-state index contributed by atoms with van der Waals surface area (Å²) in [4.78, 5) is 16.0. The highest BCUT2D eigenvalue weighted by molar-refractivity contribution is 5.91. The first-order valence-corrected chi connectivity index (χ1v) is 10.4. The van der Waals surface area contributed by atoms with E-state index in [1.165, 1.54) is 16.0 Å². The molecule has 2 heterocycles. The fourth-order valence-electron chi connectivity index (χ4n) is 4.09. The molecular weight excluding hydrogens is 380 g/mol. The molecule has 1 amide bonds. The zero-order valence-electron chi connectivity index (χ0n) is 17.6. The fourth-order valence-corrected chi connectivity index (χ4v) is 4.09. The Labute approximate surface area is 177 Å². The van der Waals surface area contributed by atoms with E-state index in [2.05, 4.69) is 18.2 Å². The van der Waals surface area contributed by atoms with Crippen molar-refractivity contribution in [3.8, 4) is 17.2 Å². The Morgan fingerprint density at radius 3 is 2.67 bits per heavy atom. The SMILES string of the molecule is COc1ccc(/C=C/C(=O)N2CC[NH+](Cc3ccc4c(c3)CCO4)CC2)cc1OC. The Bertz CT molecular complexity index is 933. The maximum Gasteiger partial charge on any atom is 0.246 e. The van der Waals surface area contributed by atoms with Gasteiger partial charge in [0.2, 0.25) is 5.91 Å². The largest absolute Gasteiger partial charge is 0.493 e. The average Bonchev–Trinajstić information content (AvgIpc) is 3.25. The van der Waals surface area contributed by atoms with Crippen LogP contribution in [-0.2, 0) is 17.8 Å². The maximum atomic E-state index is 12.6. The van der Waals surface area contributed by atoms with Gasteiger partial charge < -0.3 is 24.0 Å². The third kappa shape index (κ3) is 4.60. The normalized spacial score (nSPS) is 16.4. The molecule has 0 bridgehead atoms. The smallest absolute Gasteiger partial charge is 0.246 e. The molecule has 6 nitrogen and oxygen atoms in total.